The first-order valence-electron chi connectivity index (χ1n) is 5.02. The predicted octanol–water partition coefficient (Wildman–Crippen LogP) is 5.59. The van der Waals surface area contributed by atoms with Gasteiger partial charge in [0, 0.05) is 15.0 Å². The first-order chi connectivity index (χ1) is 8.08. The van der Waals surface area contributed by atoms with E-state index in [-0.39, 0.29) is 11.9 Å². The Balaban J connectivity index is 2.16. The van der Waals surface area contributed by atoms with Gasteiger partial charge in [-0.05, 0) is 68.4 Å². The minimum absolute atomic E-state index is 0.182. The molecule has 1 nitrogen and oxygen atoms in total. The molecule has 1 unspecified atom stereocenters. The second-order valence-electron chi connectivity index (χ2n) is 3.63. The standard InChI is InChI=1S/C12H10Br2FNS/c1-7(12-9(13)4-5-17-12)16-8-2-3-11(15)10(14)6-8/h2-7,16H,1H3. The molecule has 0 fully saturated rings. The summed E-state index contributed by atoms with van der Waals surface area (Å²) in [4.78, 5) is 1.23. The summed E-state index contributed by atoms with van der Waals surface area (Å²) in [5.41, 5.74) is 0.895. The lowest BCUT2D eigenvalue weighted by atomic mass is 10.2. The summed E-state index contributed by atoms with van der Waals surface area (Å²) in [6.45, 7) is 2.08. The van der Waals surface area contributed by atoms with E-state index in [1.807, 2.05) is 11.4 Å². The van der Waals surface area contributed by atoms with Gasteiger partial charge in [0.05, 0.1) is 10.5 Å². The summed E-state index contributed by atoms with van der Waals surface area (Å²) in [7, 11) is 0. The summed E-state index contributed by atoms with van der Waals surface area (Å²) in [6.07, 6.45) is 0. The highest BCUT2D eigenvalue weighted by atomic mass is 79.9. The van der Waals surface area contributed by atoms with Crippen molar-refractivity contribution < 1.29 is 4.39 Å². The van der Waals surface area contributed by atoms with Gasteiger partial charge in [-0.25, -0.2) is 4.39 Å². The Hall–Kier alpha value is -0.390. The lowest BCUT2D eigenvalue weighted by Gasteiger charge is -2.14. The van der Waals surface area contributed by atoms with Crippen LogP contribution in [0, 0.1) is 5.82 Å². The molecule has 2 aromatic rings. The summed E-state index contributed by atoms with van der Waals surface area (Å²) >= 11 is 8.37. The number of nitrogens with one attached hydrogen (secondary N) is 1. The van der Waals surface area contributed by atoms with E-state index in [4.69, 9.17) is 0 Å². The molecule has 0 bridgehead atoms. The van der Waals surface area contributed by atoms with Gasteiger partial charge in [-0.1, -0.05) is 0 Å². The fourth-order valence-electron chi connectivity index (χ4n) is 1.52. The van der Waals surface area contributed by atoms with Gasteiger partial charge in [-0.3, -0.25) is 0 Å². The van der Waals surface area contributed by atoms with Gasteiger partial charge in [-0.2, -0.15) is 0 Å². The first kappa shape index (κ1) is 13.1. The molecule has 1 atom stereocenters. The fourth-order valence-corrected chi connectivity index (χ4v) is 3.62. The van der Waals surface area contributed by atoms with Crippen LogP contribution in [0.2, 0.25) is 0 Å². The molecule has 0 aliphatic heterocycles. The van der Waals surface area contributed by atoms with E-state index in [9.17, 15) is 4.39 Å². The van der Waals surface area contributed by atoms with Crippen molar-refractivity contribution in [3.05, 3.63) is 49.3 Å². The van der Waals surface area contributed by atoms with Crippen molar-refractivity contribution >= 4 is 48.9 Å². The Kier molecular flexibility index (Phi) is 4.22. The molecule has 1 aromatic carbocycles. The molecule has 2 rings (SSSR count). The van der Waals surface area contributed by atoms with Crippen LogP contribution in [0.3, 0.4) is 0 Å². The van der Waals surface area contributed by atoms with Crippen molar-refractivity contribution in [1.82, 2.24) is 0 Å². The second-order valence-corrected chi connectivity index (χ2v) is 6.28. The molecular weight excluding hydrogens is 369 g/mol. The van der Waals surface area contributed by atoms with Crippen LogP contribution in [-0.2, 0) is 0 Å². The molecule has 0 aliphatic carbocycles. The molecule has 0 spiro atoms. The van der Waals surface area contributed by atoms with Gasteiger partial charge in [0.1, 0.15) is 5.82 Å². The molecule has 0 saturated heterocycles. The SMILES string of the molecule is CC(Nc1ccc(F)c(Br)c1)c1sccc1Br. The summed E-state index contributed by atoms with van der Waals surface area (Å²) < 4.78 is 14.7. The fraction of sp³-hybridized carbons (Fsp3) is 0.167. The van der Waals surface area contributed by atoms with Gasteiger partial charge in [0.2, 0.25) is 0 Å². The van der Waals surface area contributed by atoms with Crippen molar-refractivity contribution in [1.29, 1.82) is 0 Å². The molecule has 1 heterocycles. The molecule has 5 heteroatoms. The van der Waals surface area contributed by atoms with Crippen molar-refractivity contribution in [2.75, 3.05) is 5.32 Å². The largest absolute Gasteiger partial charge is 0.378 e. The van der Waals surface area contributed by atoms with Crippen LogP contribution in [0.5, 0.6) is 0 Å². The maximum atomic E-state index is 13.1. The molecule has 0 saturated carbocycles. The number of anilines is 1. The molecule has 0 aliphatic rings. The van der Waals surface area contributed by atoms with Crippen molar-refractivity contribution in [3.8, 4) is 0 Å². The Bertz CT molecular complexity index is 527. The predicted molar refractivity (Wildman–Crippen MR) is 78.2 cm³/mol. The van der Waals surface area contributed by atoms with Gasteiger partial charge >= 0.3 is 0 Å². The van der Waals surface area contributed by atoms with Crippen LogP contribution < -0.4 is 5.32 Å². The van der Waals surface area contributed by atoms with Crippen molar-refractivity contribution in [2.24, 2.45) is 0 Å². The molecule has 1 N–H and O–H groups in total. The molecule has 0 radical (unpaired) electrons. The number of hydrogen-bond donors (Lipinski definition) is 1. The normalized spacial score (nSPS) is 12.5. The Labute approximate surface area is 120 Å². The van der Waals surface area contributed by atoms with Crippen LogP contribution in [0.1, 0.15) is 17.8 Å². The quantitative estimate of drug-likeness (QED) is 0.734. The van der Waals surface area contributed by atoms with Gasteiger partial charge in [0.25, 0.3) is 0 Å². The third-order valence-electron chi connectivity index (χ3n) is 2.34. The Morgan fingerprint density at radius 1 is 1.24 bits per heavy atom. The van der Waals surface area contributed by atoms with Gasteiger partial charge < -0.3 is 5.32 Å². The third-order valence-corrected chi connectivity index (χ3v) is 5.00. The molecule has 90 valence electrons. The number of thiophene rings is 1. The van der Waals surface area contributed by atoms with Crippen molar-refractivity contribution in [3.63, 3.8) is 0 Å². The van der Waals surface area contributed by atoms with Crippen LogP contribution >= 0.6 is 43.2 Å². The zero-order valence-corrected chi connectivity index (χ0v) is 13.0. The van der Waals surface area contributed by atoms with Crippen LogP contribution in [0.15, 0.2) is 38.6 Å². The lowest BCUT2D eigenvalue weighted by Crippen LogP contribution is -2.05. The van der Waals surface area contributed by atoms with Crippen LogP contribution in [0.4, 0.5) is 10.1 Å². The van der Waals surface area contributed by atoms with E-state index >= 15 is 0 Å². The average Bonchev–Trinajstić information content (AvgIpc) is 2.70. The highest BCUT2D eigenvalue weighted by Gasteiger charge is 2.11. The zero-order chi connectivity index (χ0) is 12.4. The van der Waals surface area contributed by atoms with Crippen molar-refractivity contribution in [2.45, 2.75) is 13.0 Å². The Morgan fingerprint density at radius 2 is 2.00 bits per heavy atom. The third kappa shape index (κ3) is 3.09. The van der Waals surface area contributed by atoms with Crippen LogP contribution in [0.25, 0.3) is 0 Å². The summed E-state index contributed by atoms with van der Waals surface area (Å²) in [5.74, 6) is -0.250. The van der Waals surface area contributed by atoms with Gasteiger partial charge in [-0.15, -0.1) is 11.3 Å². The molecule has 0 amide bonds. The maximum Gasteiger partial charge on any atom is 0.137 e. The summed E-state index contributed by atoms with van der Waals surface area (Å²) in [5, 5.41) is 5.38. The van der Waals surface area contributed by atoms with E-state index in [1.165, 1.54) is 10.9 Å². The molecule has 1 aromatic heterocycles. The highest BCUT2D eigenvalue weighted by Crippen LogP contribution is 2.31. The van der Waals surface area contributed by atoms with Gasteiger partial charge in [0.15, 0.2) is 0 Å². The van der Waals surface area contributed by atoms with E-state index in [0.29, 0.717) is 4.47 Å². The maximum absolute atomic E-state index is 13.1. The van der Waals surface area contributed by atoms with E-state index in [2.05, 4.69) is 44.1 Å². The number of benzene rings is 1. The highest BCUT2D eigenvalue weighted by molar-refractivity contribution is 9.10. The smallest absolute Gasteiger partial charge is 0.137 e. The average molecular weight is 379 g/mol. The molecular formula is C12H10Br2FNS. The first-order valence-corrected chi connectivity index (χ1v) is 7.49. The van der Waals surface area contributed by atoms with E-state index in [0.717, 1.165) is 10.2 Å². The second kappa shape index (κ2) is 5.50. The molecule has 17 heavy (non-hydrogen) atoms. The number of hydrogen-bond acceptors (Lipinski definition) is 2. The zero-order valence-electron chi connectivity index (χ0n) is 9.01. The Morgan fingerprint density at radius 3 is 2.59 bits per heavy atom. The van der Waals surface area contributed by atoms with E-state index < -0.39 is 0 Å². The number of rotatable bonds is 3. The minimum Gasteiger partial charge on any atom is -0.378 e. The lowest BCUT2D eigenvalue weighted by molar-refractivity contribution is 0.621. The summed E-state index contributed by atoms with van der Waals surface area (Å²) in [6, 6.07) is 7.13. The topological polar surface area (TPSA) is 12.0 Å². The monoisotopic (exact) mass is 377 g/mol. The number of halogens is 3. The minimum atomic E-state index is -0.250. The van der Waals surface area contributed by atoms with E-state index in [1.54, 1.807) is 23.5 Å². The van der Waals surface area contributed by atoms with Crippen LogP contribution in [-0.4, -0.2) is 0 Å².